The molecule has 0 saturated carbocycles. The van der Waals surface area contributed by atoms with Gasteiger partial charge in [0.25, 0.3) is 5.91 Å². The second-order valence-corrected chi connectivity index (χ2v) is 6.27. The highest BCUT2D eigenvalue weighted by Gasteiger charge is 2.28. The van der Waals surface area contributed by atoms with Crippen LogP contribution in [-0.2, 0) is 0 Å². The summed E-state index contributed by atoms with van der Waals surface area (Å²) in [5, 5.41) is 0. The molecule has 1 saturated heterocycles. The second-order valence-electron chi connectivity index (χ2n) is 5.02. The van der Waals surface area contributed by atoms with Gasteiger partial charge in [-0.15, -0.1) is 0 Å². The van der Waals surface area contributed by atoms with Crippen molar-refractivity contribution in [3.05, 3.63) is 33.4 Å². The number of benzene rings is 1. The second kappa shape index (κ2) is 6.02. The minimum Gasteiger partial charge on any atom is -0.338 e. The van der Waals surface area contributed by atoms with E-state index < -0.39 is 0 Å². The Labute approximate surface area is 122 Å². The molecule has 2 rings (SSSR count). The number of halogens is 1. The maximum absolute atomic E-state index is 12.4. The number of likely N-dealkylation sites (tertiary alicyclic amines) is 1. The Hall–Kier alpha value is -0.620. The lowest BCUT2D eigenvalue weighted by Crippen LogP contribution is -2.45. The summed E-state index contributed by atoms with van der Waals surface area (Å²) >= 11 is 2.23. The maximum Gasteiger partial charge on any atom is 0.253 e. The molecular weight excluding hydrogens is 339 g/mol. The minimum absolute atomic E-state index is 0.138. The zero-order chi connectivity index (χ0) is 13.1. The Morgan fingerprint density at radius 3 is 3.00 bits per heavy atom. The van der Waals surface area contributed by atoms with Crippen LogP contribution in [0.5, 0.6) is 0 Å². The maximum atomic E-state index is 12.4. The van der Waals surface area contributed by atoms with Gasteiger partial charge >= 0.3 is 0 Å². The smallest absolute Gasteiger partial charge is 0.253 e. The highest BCUT2D eigenvalue weighted by atomic mass is 127. The molecular formula is C14H19IN2O. The van der Waals surface area contributed by atoms with Crippen LogP contribution in [0.4, 0.5) is 0 Å². The van der Waals surface area contributed by atoms with Gasteiger partial charge in [-0.3, -0.25) is 4.79 Å². The number of hydrogen-bond acceptors (Lipinski definition) is 2. The third-order valence-electron chi connectivity index (χ3n) is 3.78. The first-order valence-corrected chi connectivity index (χ1v) is 7.44. The third-order valence-corrected chi connectivity index (χ3v) is 4.45. The molecule has 1 aliphatic rings. The van der Waals surface area contributed by atoms with E-state index in [1.165, 1.54) is 0 Å². The molecule has 18 heavy (non-hydrogen) atoms. The minimum atomic E-state index is 0.138. The van der Waals surface area contributed by atoms with Gasteiger partial charge in [-0.25, -0.2) is 0 Å². The summed E-state index contributed by atoms with van der Waals surface area (Å²) < 4.78 is 1.10. The molecule has 0 bridgehead atoms. The van der Waals surface area contributed by atoms with Gasteiger partial charge in [-0.2, -0.15) is 0 Å². The summed E-state index contributed by atoms with van der Waals surface area (Å²) in [6, 6.07) is 7.76. The Bertz CT molecular complexity index is 436. The predicted molar refractivity (Wildman–Crippen MR) is 81.4 cm³/mol. The number of amides is 1. The molecule has 0 radical (unpaired) electrons. The lowest BCUT2D eigenvalue weighted by atomic mass is 9.87. The van der Waals surface area contributed by atoms with Gasteiger partial charge in [0.2, 0.25) is 0 Å². The van der Waals surface area contributed by atoms with E-state index in [0.717, 1.165) is 28.6 Å². The van der Waals surface area contributed by atoms with Crippen molar-refractivity contribution in [2.75, 3.05) is 19.6 Å². The molecule has 98 valence electrons. The Morgan fingerprint density at radius 2 is 2.33 bits per heavy atom. The van der Waals surface area contributed by atoms with Crippen molar-refractivity contribution in [1.82, 2.24) is 4.90 Å². The molecule has 2 atom stereocenters. The molecule has 0 spiro atoms. The van der Waals surface area contributed by atoms with Crippen molar-refractivity contribution in [1.29, 1.82) is 0 Å². The number of nitrogens with zero attached hydrogens (tertiary/aromatic N) is 1. The van der Waals surface area contributed by atoms with Gasteiger partial charge in [0.15, 0.2) is 0 Å². The lowest BCUT2D eigenvalue weighted by molar-refractivity contribution is 0.0618. The van der Waals surface area contributed by atoms with Crippen LogP contribution in [0.3, 0.4) is 0 Å². The van der Waals surface area contributed by atoms with E-state index in [1.54, 1.807) is 0 Å². The van der Waals surface area contributed by atoms with Gasteiger partial charge in [0, 0.05) is 22.2 Å². The Kier molecular flexibility index (Phi) is 4.61. The molecule has 3 nitrogen and oxygen atoms in total. The number of nitrogens with two attached hydrogens (primary N) is 1. The molecule has 1 aliphatic heterocycles. The summed E-state index contributed by atoms with van der Waals surface area (Å²) in [6.07, 6.45) is 1.05. The van der Waals surface area contributed by atoms with Gasteiger partial charge in [0.1, 0.15) is 0 Å². The highest BCUT2D eigenvalue weighted by Crippen LogP contribution is 2.23. The number of carbonyl (C=O) groups is 1. The fourth-order valence-corrected chi connectivity index (χ4v) is 2.99. The topological polar surface area (TPSA) is 46.3 Å². The van der Waals surface area contributed by atoms with Crippen LogP contribution < -0.4 is 5.73 Å². The third kappa shape index (κ3) is 3.03. The fourth-order valence-electron chi connectivity index (χ4n) is 2.44. The number of hydrogen-bond donors (Lipinski definition) is 1. The summed E-state index contributed by atoms with van der Waals surface area (Å²) in [4.78, 5) is 14.3. The van der Waals surface area contributed by atoms with Crippen LogP contribution in [0, 0.1) is 15.4 Å². The van der Waals surface area contributed by atoms with Gasteiger partial charge < -0.3 is 10.6 Å². The largest absolute Gasteiger partial charge is 0.338 e. The quantitative estimate of drug-likeness (QED) is 0.825. The average molecular weight is 358 g/mol. The molecule has 2 unspecified atom stereocenters. The van der Waals surface area contributed by atoms with E-state index in [0.29, 0.717) is 18.4 Å². The van der Waals surface area contributed by atoms with Crippen LogP contribution >= 0.6 is 22.6 Å². The van der Waals surface area contributed by atoms with Crippen LogP contribution in [0.2, 0.25) is 0 Å². The first-order chi connectivity index (χ1) is 8.61. The molecule has 1 heterocycles. The van der Waals surface area contributed by atoms with Gasteiger partial charge in [0.05, 0.1) is 0 Å². The standard InChI is InChI=1S/C14H19IN2O/c1-10-5-6-17(9-12(10)8-16)14(18)11-3-2-4-13(15)7-11/h2-4,7,10,12H,5-6,8-9,16H2,1H3. The Balaban J connectivity index is 2.10. The fraction of sp³-hybridized carbons (Fsp3) is 0.500. The Morgan fingerprint density at radius 1 is 1.56 bits per heavy atom. The van der Waals surface area contributed by atoms with E-state index in [9.17, 15) is 4.79 Å². The van der Waals surface area contributed by atoms with Crippen molar-refractivity contribution in [2.45, 2.75) is 13.3 Å². The van der Waals surface area contributed by atoms with Crippen LogP contribution in [0.15, 0.2) is 24.3 Å². The van der Waals surface area contributed by atoms with Gasteiger partial charge in [-0.05, 0) is 65.6 Å². The van der Waals surface area contributed by atoms with Crippen molar-refractivity contribution >= 4 is 28.5 Å². The normalized spacial score (nSPS) is 24.1. The first-order valence-electron chi connectivity index (χ1n) is 6.36. The molecule has 0 aliphatic carbocycles. The van der Waals surface area contributed by atoms with Crippen molar-refractivity contribution in [3.8, 4) is 0 Å². The summed E-state index contributed by atoms with van der Waals surface area (Å²) in [5.74, 6) is 1.19. The van der Waals surface area contributed by atoms with Crippen LogP contribution in [0.25, 0.3) is 0 Å². The SMILES string of the molecule is CC1CCN(C(=O)c2cccc(I)c2)CC1CN. The van der Waals surface area contributed by atoms with E-state index >= 15 is 0 Å². The average Bonchev–Trinajstić information content (AvgIpc) is 2.38. The summed E-state index contributed by atoms with van der Waals surface area (Å²) in [6.45, 7) is 4.53. The van der Waals surface area contributed by atoms with Crippen molar-refractivity contribution in [2.24, 2.45) is 17.6 Å². The van der Waals surface area contributed by atoms with Crippen molar-refractivity contribution < 1.29 is 4.79 Å². The molecule has 1 amide bonds. The predicted octanol–water partition coefficient (Wildman–Crippen LogP) is 2.35. The molecule has 1 aromatic carbocycles. The lowest BCUT2D eigenvalue weighted by Gasteiger charge is -2.36. The first kappa shape index (κ1) is 13.8. The van der Waals surface area contributed by atoms with Crippen LogP contribution in [0.1, 0.15) is 23.7 Å². The zero-order valence-corrected chi connectivity index (χ0v) is 12.8. The van der Waals surface area contributed by atoms with Crippen LogP contribution in [-0.4, -0.2) is 30.4 Å². The highest BCUT2D eigenvalue weighted by molar-refractivity contribution is 14.1. The van der Waals surface area contributed by atoms with Gasteiger partial charge in [-0.1, -0.05) is 13.0 Å². The molecule has 1 aromatic rings. The molecule has 2 N–H and O–H groups in total. The van der Waals surface area contributed by atoms with Crippen molar-refractivity contribution in [3.63, 3.8) is 0 Å². The summed E-state index contributed by atoms with van der Waals surface area (Å²) in [7, 11) is 0. The number of carbonyl (C=O) groups excluding carboxylic acids is 1. The van der Waals surface area contributed by atoms with E-state index in [4.69, 9.17) is 5.73 Å². The summed E-state index contributed by atoms with van der Waals surface area (Å²) in [5.41, 5.74) is 6.56. The van der Waals surface area contributed by atoms with E-state index in [2.05, 4.69) is 29.5 Å². The molecule has 1 fully saturated rings. The monoisotopic (exact) mass is 358 g/mol. The molecule has 0 aromatic heterocycles. The number of piperidine rings is 1. The molecule has 4 heteroatoms. The number of rotatable bonds is 2. The van der Waals surface area contributed by atoms with E-state index in [1.807, 2.05) is 29.2 Å². The zero-order valence-electron chi connectivity index (χ0n) is 10.6. The van der Waals surface area contributed by atoms with E-state index in [-0.39, 0.29) is 5.91 Å².